The summed E-state index contributed by atoms with van der Waals surface area (Å²) in [6.45, 7) is 0. The van der Waals surface area contributed by atoms with Gasteiger partial charge in [0.25, 0.3) is 0 Å². The second-order valence-corrected chi connectivity index (χ2v) is 4.86. The predicted octanol–water partition coefficient (Wildman–Crippen LogP) is 3.99. The molecule has 2 saturated carbocycles. The fourth-order valence-corrected chi connectivity index (χ4v) is 3.27. The van der Waals surface area contributed by atoms with E-state index < -0.39 is 0 Å². The van der Waals surface area contributed by atoms with Crippen LogP contribution in [0.5, 0.6) is 0 Å². The smallest absolute Gasteiger partial charge is 0.0122 e. The van der Waals surface area contributed by atoms with Crippen LogP contribution in [0.1, 0.15) is 51.4 Å². The summed E-state index contributed by atoms with van der Waals surface area (Å²) in [4.78, 5) is 0. The molecule has 3 aliphatic carbocycles. The lowest BCUT2D eigenvalue weighted by atomic mass is 9.86. The van der Waals surface area contributed by atoms with Gasteiger partial charge in [-0.3, -0.25) is 0 Å². The van der Waals surface area contributed by atoms with Crippen molar-refractivity contribution < 1.29 is 0 Å². The zero-order valence-electron chi connectivity index (χ0n) is 8.31. The second-order valence-electron chi connectivity index (χ2n) is 4.86. The molecule has 0 amide bonds. The van der Waals surface area contributed by atoms with Gasteiger partial charge >= 0.3 is 0 Å². The maximum atomic E-state index is 2.54. The van der Waals surface area contributed by atoms with Crippen LogP contribution in [0.2, 0.25) is 0 Å². The fourth-order valence-electron chi connectivity index (χ4n) is 3.27. The van der Waals surface area contributed by atoms with Gasteiger partial charge in [0.2, 0.25) is 0 Å². The van der Waals surface area contributed by atoms with Crippen LogP contribution in [0.25, 0.3) is 0 Å². The van der Waals surface area contributed by atoms with Gasteiger partial charge in [0, 0.05) is 0 Å². The Balaban J connectivity index is 1.91. The van der Waals surface area contributed by atoms with E-state index in [1.165, 1.54) is 51.4 Å². The van der Waals surface area contributed by atoms with Gasteiger partial charge in [-0.25, -0.2) is 0 Å². The van der Waals surface area contributed by atoms with Gasteiger partial charge in [-0.1, -0.05) is 23.6 Å². The standard InChI is InChI=1S/C13H18/c1-2-4-11(5-3-1)13-9-10-6-7-12(13)8-10/h9,12H,1-8H2/t12-/m0/s1. The molecule has 0 N–H and O–H groups in total. The van der Waals surface area contributed by atoms with Crippen molar-refractivity contribution in [1.29, 1.82) is 0 Å². The molecule has 0 aromatic carbocycles. The lowest BCUT2D eigenvalue weighted by Crippen LogP contribution is -2.03. The van der Waals surface area contributed by atoms with E-state index in [9.17, 15) is 0 Å². The average Bonchev–Trinajstić information content (AvgIpc) is 2.80. The molecule has 0 saturated heterocycles. The molecule has 0 spiro atoms. The summed E-state index contributed by atoms with van der Waals surface area (Å²) in [5, 5.41) is 0. The van der Waals surface area contributed by atoms with Crippen LogP contribution in [-0.2, 0) is 0 Å². The minimum Gasteiger partial charge on any atom is -0.0693 e. The van der Waals surface area contributed by atoms with E-state index in [4.69, 9.17) is 0 Å². The molecule has 3 rings (SSSR count). The number of hydrogen-bond acceptors (Lipinski definition) is 0. The van der Waals surface area contributed by atoms with Gasteiger partial charge in [0.05, 0.1) is 0 Å². The summed E-state index contributed by atoms with van der Waals surface area (Å²) in [6, 6.07) is 0. The minimum atomic E-state index is 0.961. The second kappa shape index (κ2) is 3.01. The highest BCUT2D eigenvalue weighted by molar-refractivity contribution is 5.41. The highest BCUT2D eigenvalue weighted by Crippen LogP contribution is 2.46. The molecule has 0 aromatic heterocycles. The average molecular weight is 174 g/mol. The molecule has 70 valence electrons. The van der Waals surface area contributed by atoms with Crippen molar-refractivity contribution in [3.05, 3.63) is 22.8 Å². The monoisotopic (exact) mass is 174 g/mol. The van der Waals surface area contributed by atoms with E-state index in [0.717, 1.165) is 5.92 Å². The third kappa shape index (κ3) is 1.27. The van der Waals surface area contributed by atoms with Crippen LogP contribution in [0.4, 0.5) is 0 Å². The highest BCUT2D eigenvalue weighted by atomic mass is 14.3. The summed E-state index contributed by atoms with van der Waals surface area (Å²) in [5.74, 6) is 0.961. The molecular formula is C13H18. The normalized spacial score (nSPS) is 32.6. The fraction of sp³-hybridized carbons (Fsp3) is 0.692. The van der Waals surface area contributed by atoms with Crippen molar-refractivity contribution in [1.82, 2.24) is 0 Å². The van der Waals surface area contributed by atoms with Crippen molar-refractivity contribution >= 4 is 0 Å². The topological polar surface area (TPSA) is 0 Å². The number of hydrogen-bond donors (Lipinski definition) is 0. The molecule has 1 atom stereocenters. The first-order valence-electron chi connectivity index (χ1n) is 5.85. The molecule has 0 heterocycles. The van der Waals surface area contributed by atoms with Crippen LogP contribution in [-0.4, -0.2) is 0 Å². The van der Waals surface area contributed by atoms with E-state index in [0.29, 0.717) is 0 Å². The first-order valence-corrected chi connectivity index (χ1v) is 5.85. The molecule has 13 heavy (non-hydrogen) atoms. The summed E-state index contributed by atoms with van der Waals surface area (Å²) in [5.41, 5.74) is 5.35. The van der Waals surface area contributed by atoms with E-state index in [-0.39, 0.29) is 0 Å². The molecule has 2 fully saturated rings. The molecule has 2 bridgehead atoms. The van der Waals surface area contributed by atoms with E-state index in [1.54, 1.807) is 11.1 Å². The van der Waals surface area contributed by atoms with Gasteiger partial charge in [0.15, 0.2) is 0 Å². The zero-order valence-corrected chi connectivity index (χ0v) is 8.31. The molecule has 0 aliphatic heterocycles. The van der Waals surface area contributed by atoms with Crippen molar-refractivity contribution in [3.63, 3.8) is 0 Å². The van der Waals surface area contributed by atoms with Crippen molar-refractivity contribution in [3.8, 4) is 0 Å². The Bertz CT molecular complexity index is 272. The Kier molecular flexibility index (Phi) is 1.81. The molecule has 0 unspecified atom stereocenters. The maximum Gasteiger partial charge on any atom is -0.0122 e. The number of allylic oxidation sites excluding steroid dienone is 4. The molecular weight excluding hydrogens is 156 g/mol. The summed E-state index contributed by atoms with van der Waals surface area (Å²) >= 11 is 0. The van der Waals surface area contributed by atoms with Gasteiger partial charge in [-0.05, 0) is 56.4 Å². The Morgan fingerprint density at radius 2 is 1.85 bits per heavy atom. The third-order valence-corrected chi connectivity index (χ3v) is 3.99. The van der Waals surface area contributed by atoms with Crippen molar-refractivity contribution in [2.75, 3.05) is 0 Å². The molecule has 3 aliphatic rings. The highest BCUT2D eigenvalue weighted by Gasteiger charge is 2.30. The Morgan fingerprint density at radius 1 is 1.00 bits per heavy atom. The lowest BCUT2D eigenvalue weighted by molar-refractivity contribution is 0.573. The Morgan fingerprint density at radius 3 is 2.46 bits per heavy atom. The molecule has 0 heteroatoms. The van der Waals surface area contributed by atoms with Crippen LogP contribution < -0.4 is 0 Å². The molecule has 0 nitrogen and oxygen atoms in total. The van der Waals surface area contributed by atoms with Gasteiger partial charge in [0.1, 0.15) is 0 Å². The van der Waals surface area contributed by atoms with Crippen LogP contribution >= 0.6 is 0 Å². The Labute approximate surface area is 80.7 Å². The SMILES string of the molecule is C1=C2CC[C@@H](C2)C1=C1CCCCC1. The quantitative estimate of drug-likeness (QED) is 0.521. The van der Waals surface area contributed by atoms with Gasteiger partial charge in [-0.15, -0.1) is 0 Å². The third-order valence-electron chi connectivity index (χ3n) is 3.99. The van der Waals surface area contributed by atoms with Crippen LogP contribution in [0.3, 0.4) is 0 Å². The van der Waals surface area contributed by atoms with E-state index in [1.807, 2.05) is 5.57 Å². The largest absolute Gasteiger partial charge is 0.0693 e. The van der Waals surface area contributed by atoms with Crippen molar-refractivity contribution in [2.45, 2.75) is 51.4 Å². The number of rotatable bonds is 0. The molecule has 0 radical (unpaired) electrons. The van der Waals surface area contributed by atoms with Gasteiger partial charge < -0.3 is 0 Å². The number of fused-ring (bicyclic) bond motifs is 2. The van der Waals surface area contributed by atoms with Crippen LogP contribution in [0, 0.1) is 5.92 Å². The first-order chi connectivity index (χ1) is 6.43. The summed E-state index contributed by atoms with van der Waals surface area (Å²) in [7, 11) is 0. The summed E-state index contributed by atoms with van der Waals surface area (Å²) in [6.07, 6.45) is 14.0. The van der Waals surface area contributed by atoms with E-state index >= 15 is 0 Å². The van der Waals surface area contributed by atoms with Crippen LogP contribution in [0.15, 0.2) is 22.8 Å². The first kappa shape index (κ1) is 7.84. The van der Waals surface area contributed by atoms with E-state index in [2.05, 4.69) is 6.08 Å². The lowest BCUT2D eigenvalue weighted by Gasteiger charge is -2.20. The van der Waals surface area contributed by atoms with Gasteiger partial charge in [-0.2, -0.15) is 0 Å². The zero-order chi connectivity index (χ0) is 8.67. The van der Waals surface area contributed by atoms with Crippen molar-refractivity contribution in [2.24, 2.45) is 5.92 Å². The maximum absolute atomic E-state index is 2.54. The summed E-state index contributed by atoms with van der Waals surface area (Å²) < 4.78 is 0. The molecule has 0 aromatic rings. The predicted molar refractivity (Wildman–Crippen MR) is 55.5 cm³/mol. The minimum absolute atomic E-state index is 0.961. The Hall–Kier alpha value is -0.520.